The molecule has 9 unspecified atom stereocenters. The molecule has 1 aromatic heterocycles. The second kappa shape index (κ2) is 8.06. The number of fused-ring (bicyclic) bond motifs is 4. The van der Waals surface area contributed by atoms with Crippen molar-refractivity contribution in [3.05, 3.63) is 70.6 Å². The first-order chi connectivity index (χ1) is 20.6. The average Bonchev–Trinajstić information content (AvgIpc) is 3.92. The van der Waals surface area contributed by atoms with E-state index in [-0.39, 0.29) is 59.7 Å². The van der Waals surface area contributed by atoms with Gasteiger partial charge in [0, 0.05) is 29.3 Å². The minimum Gasteiger partial charge on any atom is -0.458 e. The third kappa shape index (κ3) is 2.92. The highest BCUT2D eigenvalue weighted by molar-refractivity contribution is 6.08. The third-order valence-corrected chi connectivity index (χ3v) is 12.1. The Morgan fingerprint density at radius 3 is 2.63 bits per heavy atom. The summed E-state index contributed by atoms with van der Waals surface area (Å²) in [5.74, 6) is -0.480. The van der Waals surface area contributed by atoms with E-state index in [1.165, 1.54) is 0 Å². The molecule has 2 spiro atoms. The Bertz CT molecular complexity index is 1660. The van der Waals surface area contributed by atoms with Gasteiger partial charge in [-0.05, 0) is 48.8 Å². The summed E-state index contributed by atoms with van der Waals surface area (Å²) >= 11 is 0. The smallest absolute Gasteiger partial charge is 0.334 e. The van der Waals surface area contributed by atoms with Crippen molar-refractivity contribution in [1.29, 1.82) is 0 Å². The van der Waals surface area contributed by atoms with Crippen LogP contribution in [0.2, 0.25) is 0 Å². The fraction of sp³-hybridized carbons (Fsp3) is 0.559. The molecule has 9 atom stereocenters. The number of ether oxygens (including phenoxy) is 5. The van der Waals surface area contributed by atoms with Gasteiger partial charge in [0.05, 0.1) is 18.2 Å². The molecule has 0 bridgehead atoms. The molecule has 2 aromatic rings. The number of esters is 2. The van der Waals surface area contributed by atoms with Crippen LogP contribution in [0.1, 0.15) is 61.8 Å². The fourth-order valence-electron chi connectivity index (χ4n) is 9.86. The summed E-state index contributed by atoms with van der Waals surface area (Å²) in [5.41, 5.74) is 1.31. The number of epoxide rings is 3. The molecule has 2 saturated carbocycles. The van der Waals surface area contributed by atoms with Crippen molar-refractivity contribution in [2.24, 2.45) is 24.3 Å². The van der Waals surface area contributed by atoms with Crippen molar-refractivity contribution in [2.45, 2.75) is 87.7 Å². The summed E-state index contributed by atoms with van der Waals surface area (Å²) in [4.78, 5) is 39.3. The highest BCUT2D eigenvalue weighted by Crippen LogP contribution is 2.83. The lowest BCUT2D eigenvalue weighted by atomic mass is 9.46. The quantitative estimate of drug-likeness (QED) is 0.288. The Hall–Kier alpha value is -3.27. The number of nitrogens with zero attached hydrogens (tertiary/aromatic N) is 1. The largest absolute Gasteiger partial charge is 0.458 e. The highest BCUT2D eigenvalue weighted by atomic mass is 16.8. The lowest BCUT2D eigenvalue weighted by Gasteiger charge is -2.53. The van der Waals surface area contributed by atoms with Gasteiger partial charge in [-0.25, -0.2) is 4.79 Å². The maximum absolute atomic E-state index is 13.8. The maximum Gasteiger partial charge on any atom is 0.334 e. The third-order valence-electron chi connectivity index (χ3n) is 12.1. The van der Waals surface area contributed by atoms with E-state index in [9.17, 15) is 14.4 Å². The van der Waals surface area contributed by atoms with Gasteiger partial charge in [0.2, 0.25) is 5.78 Å². The van der Waals surface area contributed by atoms with E-state index in [0.29, 0.717) is 30.0 Å². The number of rotatable bonds is 6. The molecule has 9 heteroatoms. The number of carbonyl (C=O) groups excluding carboxylic acids is 3. The van der Waals surface area contributed by atoms with Crippen LogP contribution in [0.3, 0.4) is 0 Å². The number of cyclic esters (lactones) is 1. The molecule has 4 aliphatic heterocycles. The zero-order valence-corrected chi connectivity index (χ0v) is 24.8. The lowest BCUT2D eigenvalue weighted by molar-refractivity contribution is -0.168. The van der Waals surface area contributed by atoms with E-state index in [4.69, 9.17) is 23.7 Å². The Labute approximate surface area is 249 Å². The number of benzene rings is 1. The van der Waals surface area contributed by atoms with Crippen LogP contribution >= 0.6 is 0 Å². The summed E-state index contributed by atoms with van der Waals surface area (Å²) in [6.07, 6.45) is 1.08. The van der Waals surface area contributed by atoms with E-state index in [1.54, 1.807) is 29.8 Å². The summed E-state index contributed by atoms with van der Waals surface area (Å²) in [5, 5.41) is 0. The van der Waals surface area contributed by atoms with Gasteiger partial charge in [-0.2, -0.15) is 0 Å². The SMILES string of the molecule is CC(C)C12OC1C1OC13C1(C)CCC4=C(COC4=O)C1CC1OC13C2OC(=O)Cc1ccc(C(=O)c2ccccc2)n1C. The summed E-state index contributed by atoms with van der Waals surface area (Å²) in [6.45, 7) is 6.82. The average molecular weight is 586 g/mol. The van der Waals surface area contributed by atoms with Gasteiger partial charge < -0.3 is 28.3 Å². The van der Waals surface area contributed by atoms with Crippen molar-refractivity contribution < 1.29 is 38.1 Å². The standard InChI is InChI=1S/C34H35NO8/c1-17(2)32-27(42-32)28-34(43-28)31(3)13-12-20-21(16-39-29(20)38)22(31)15-24-33(34,41-24)30(32)40-25(36)14-19-10-11-23(35(19)4)26(37)18-8-6-5-7-9-18/h5-11,17,22,24,27-28,30H,12-16H2,1-4H3. The van der Waals surface area contributed by atoms with Gasteiger partial charge in [0.25, 0.3) is 0 Å². The molecule has 0 N–H and O–H groups in total. The van der Waals surface area contributed by atoms with Crippen LogP contribution in [-0.4, -0.2) is 70.1 Å². The Kier molecular flexibility index (Phi) is 4.90. The number of hydrogen-bond acceptors (Lipinski definition) is 8. The number of hydrogen-bond donors (Lipinski definition) is 0. The first kappa shape index (κ1) is 26.2. The van der Waals surface area contributed by atoms with E-state index in [2.05, 4.69) is 20.8 Å². The Morgan fingerprint density at radius 1 is 1.07 bits per heavy atom. The van der Waals surface area contributed by atoms with E-state index < -0.39 is 22.9 Å². The van der Waals surface area contributed by atoms with Gasteiger partial charge >= 0.3 is 11.9 Å². The minimum absolute atomic E-state index is 0.0154. The Morgan fingerprint density at radius 2 is 1.86 bits per heavy atom. The molecular formula is C34H35NO8. The number of ketones is 1. The topological polar surface area (TPSA) is 112 Å². The molecule has 5 fully saturated rings. The maximum atomic E-state index is 13.8. The highest BCUT2D eigenvalue weighted by Gasteiger charge is 3.01. The summed E-state index contributed by atoms with van der Waals surface area (Å²) < 4.78 is 33.8. The predicted molar refractivity (Wildman–Crippen MR) is 150 cm³/mol. The zero-order chi connectivity index (χ0) is 29.7. The summed E-state index contributed by atoms with van der Waals surface area (Å²) in [7, 11) is 1.80. The van der Waals surface area contributed by atoms with Crippen molar-refractivity contribution in [3.63, 3.8) is 0 Å². The molecule has 0 radical (unpaired) electrons. The van der Waals surface area contributed by atoms with E-state index in [0.717, 1.165) is 24.0 Å². The molecule has 5 heterocycles. The van der Waals surface area contributed by atoms with Crippen LogP contribution in [0, 0.1) is 17.3 Å². The van der Waals surface area contributed by atoms with E-state index >= 15 is 0 Å². The fourth-order valence-corrected chi connectivity index (χ4v) is 9.86. The molecule has 3 saturated heterocycles. The minimum atomic E-state index is -0.792. The van der Waals surface area contributed by atoms with Gasteiger partial charge in [-0.15, -0.1) is 0 Å². The van der Waals surface area contributed by atoms with Crippen LogP contribution < -0.4 is 0 Å². The molecule has 9 nitrogen and oxygen atoms in total. The van der Waals surface area contributed by atoms with Crippen molar-refractivity contribution in [2.75, 3.05) is 6.61 Å². The second-order valence-electron chi connectivity index (χ2n) is 14.0. The van der Waals surface area contributed by atoms with Crippen molar-refractivity contribution >= 4 is 17.7 Å². The van der Waals surface area contributed by atoms with Gasteiger partial charge in [0.15, 0.2) is 11.7 Å². The number of aromatic nitrogens is 1. The molecule has 224 valence electrons. The summed E-state index contributed by atoms with van der Waals surface area (Å²) in [6, 6.07) is 12.7. The molecule has 3 aliphatic carbocycles. The van der Waals surface area contributed by atoms with Gasteiger partial charge in [-0.1, -0.05) is 51.1 Å². The van der Waals surface area contributed by atoms with Gasteiger partial charge in [0.1, 0.15) is 30.0 Å². The van der Waals surface area contributed by atoms with Crippen LogP contribution in [0.4, 0.5) is 0 Å². The Balaban J connectivity index is 1.03. The van der Waals surface area contributed by atoms with Crippen LogP contribution in [0.5, 0.6) is 0 Å². The normalized spacial score (nSPS) is 42.5. The monoisotopic (exact) mass is 585 g/mol. The predicted octanol–water partition coefficient (Wildman–Crippen LogP) is 3.47. The molecule has 1 aromatic carbocycles. The number of carbonyl (C=O) groups is 3. The molecular weight excluding hydrogens is 550 g/mol. The molecule has 9 rings (SSSR count). The molecule has 0 amide bonds. The van der Waals surface area contributed by atoms with Crippen LogP contribution in [0.25, 0.3) is 0 Å². The lowest BCUT2D eigenvalue weighted by Crippen LogP contribution is -2.70. The van der Waals surface area contributed by atoms with Crippen molar-refractivity contribution in [1.82, 2.24) is 4.57 Å². The first-order valence-corrected chi connectivity index (χ1v) is 15.5. The van der Waals surface area contributed by atoms with Crippen LogP contribution in [-0.2, 0) is 46.7 Å². The first-order valence-electron chi connectivity index (χ1n) is 15.5. The molecule has 7 aliphatic rings. The van der Waals surface area contributed by atoms with E-state index in [1.807, 2.05) is 24.3 Å². The van der Waals surface area contributed by atoms with Gasteiger partial charge in [-0.3, -0.25) is 9.59 Å². The van der Waals surface area contributed by atoms with Crippen molar-refractivity contribution in [3.8, 4) is 0 Å². The molecule has 43 heavy (non-hydrogen) atoms. The second-order valence-corrected chi connectivity index (χ2v) is 14.0. The van der Waals surface area contributed by atoms with Crippen LogP contribution in [0.15, 0.2) is 53.6 Å². The zero-order valence-electron chi connectivity index (χ0n) is 24.8.